The molecular formula is C14H20N2O2S. The van der Waals surface area contributed by atoms with Crippen LogP contribution in [-0.2, 0) is 21.4 Å². The number of hydrogen-bond acceptors (Lipinski definition) is 5. The van der Waals surface area contributed by atoms with Gasteiger partial charge in [-0.1, -0.05) is 20.8 Å². The standard InChI is InChI=1S/C14H20N2O2S/c1-6-18-12(17)14(5,9-15)7-11-16-10(8-19-11)13(2,3)4/h8H,6-7H2,1-5H3. The fraction of sp³-hybridized carbons (Fsp3) is 0.643. The molecule has 19 heavy (non-hydrogen) atoms. The Labute approximate surface area is 118 Å². The van der Waals surface area contributed by atoms with E-state index in [1.54, 1.807) is 13.8 Å². The first kappa shape index (κ1) is 15.6. The molecule has 0 N–H and O–H groups in total. The van der Waals surface area contributed by atoms with E-state index in [4.69, 9.17) is 4.74 Å². The second-order valence-electron chi connectivity index (χ2n) is 5.72. The molecule has 0 aliphatic heterocycles. The van der Waals surface area contributed by atoms with Crippen molar-refractivity contribution in [2.75, 3.05) is 6.61 Å². The van der Waals surface area contributed by atoms with Crippen molar-refractivity contribution in [2.24, 2.45) is 5.41 Å². The van der Waals surface area contributed by atoms with Crippen LogP contribution in [0.3, 0.4) is 0 Å². The van der Waals surface area contributed by atoms with Gasteiger partial charge in [-0.05, 0) is 13.8 Å². The van der Waals surface area contributed by atoms with E-state index < -0.39 is 11.4 Å². The Bertz CT molecular complexity index is 496. The summed E-state index contributed by atoms with van der Waals surface area (Å²) in [6, 6.07) is 2.05. The molecule has 0 aliphatic rings. The summed E-state index contributed by atoms with van der Waals surface area (Å²) < 4.78 is 4.96. The molecule has 1 atom stereocenters. The summed E-state index contributed by atoms with van der Waals surface area (Å²) in [6.45, 7) is 9.86. The minimum absolute atomic E-state index is 0.0261. The Morgan fingerprint density at radius 3 is 2.53 bits per heavy atom. The van der Waals surface area contributed by atoms with Gasteiger partial charge >= 0.3 is 5.97 Å². The van der Waals surface area contributed by atoms with Crippen LogP contribution in [0.4, 0.5) is 0 Å². The van der Waals surface area contributed by atoms with Crippen LogP contribution >= 0.6 is 11.3 Å². The lowest BCUT2D eigenvalue weighted by atomic mass is 9.89. The molecule has 5 heteroatoms. The summed E-state index contributed by atoms with van der Waals surface area (Å²) in [5, 5.41) is 12.0. The molecule has 1 aromatic rings. The van der Waals surface area contributed by atoms with Crippen molar-refractivity contribution in [2.45, 2.75) is 46.5 Å². The first-order chi connectivity index (χ1) is 8.73. The summed E-state index contributed by atoms with van der Waals surface area (Å²) in [6.07, 6.45) is 0.295. The molecule has 1 unspecified atom stereocenters. The molecule has 0 spiro atoms. The van der Waals surface area contributed by atoms with E-state index in [0.717, 1.165) is 10.7 Å². The lowest BCUT2D eigenvalue weighted by Crippen LogP contribution is -2.30. The SMILES string of the molecule is CCOC(=O)C(C)(C#N)Cc1nc(C(C)(C)C)cs1. The monoisotopic (exact) mass is 280 g/mol. The number of esters is 1. The molecule has 1 heterocycles. The normalized spacial score (nSPS) is 14.5. The van der Waals surface area contributed by atoms with E-state index in [-0.39, 0.29) is 12.0 Å². The topological polar surface area (TPSA) is 63.0 Å². The van der Waals surface area contributed by atoms with Crippen molar-refractivity contribution in [3.05, 3.63) is 16.1 Å². The Morgan fingerprint density at radius 1 is 1.47 bits per heavy atom. The fourth-order valence-corrected chi connectivity index (χ4v) is 2.66. The number of rotatable bonds is 4. The van der Waals surface area contributed by atoms with Gasteiger partial charge in [0.2, 0.25) is 0 Å². The number of carbonyl (C=O) groups excluding carboxylic acids is 1. The molecule has 0 fully saturated rings. The van der Waals surface area contributed by atoms with E-state index in [2.05, 4.69) is 31.8 Å². The Balaban J connectivity index is 2.91. The average molecular weight is 280 g/mol. The number of ether oxygens (including phenoxy) is 1. The number of aromatic nitrogens is 1. The third kappa shape index (κ3) is 3.77. The van der Waals surface area contributed by atoms with Crippen molar-refractivity contribution in [1.29, 1.82) is 5.26 Å². The van der Waals surface area contributed by atoms with E-state index in [9.17, 15) is 10.1 Å². The number of nitrogens with zero attached hydrogens (tertiary/aromatic N) is 2. The largest absolute Gasteiger partial charge is 0.465 e. The maximum absolute atomic E-state index is 11.8. The van der Waals surface area contributed by atoms with Crippen molar-refractivity contribution < 1.29 is 9.53 Å². The predicted octanol–water partition coefficient (Wildman–Crippen LogP) is 3.08. The van der Waals surface area contributed by atoms with Gasteiger partial charge in [0, 0.05) is 17.2 Å². The van der Waals surface area contributed by atoms with Crippen LogP contribution < -0.4 is 0 Å². The van der Waals surface area contributed by atoms with Crippen LogP contribution in [0, 0.1) is 16.7 Å². The molecule has 0 saturated carbocycles. The second-order valence-corrected chi connectivity index (χ2v) is 6.66. The first-order valence-corrected chi connectivity index (χ1v) is 7.14. The highest BCUT2D eigenvalue weighted by Gasteiger charge is 2.36. The fourth-order valence-electron chi connectivity index (χ4n) is 1.49. The first-order valence-electron chi connectivity index (χ1n) is 6.26. The second kappa shape index (κ2) is 5.70. The van der Waals surface area contributed by atoms with Crippen molar-refractivity contribution in [3.63, 3.8) is 0 Å². The van der Waals surface area contributed by atoms with Gasteiger partial charge < -0.3 is 4.74 Å². The van der Waals surface area contributed by atoms with E-state index in [1.807, 2.05) is 5.38 Å². The predicted molar refractivity (Wildman–Crippen MR) is 74.9 cm³/mol. The Kier molecular flexibility index (Phi) is 4.70. The highest BCUT2D eigenvalue weighted by Crippen LogP contribution is 2.29. The zero-order chi connectivity index (χ0) is 14.7. The molecule has 0 bridgehead atoms. The Morgan fingerprint density at radius 2 is 2.11 bits per heavy atom. The van der Waals surface area contributed by atoms with Crippen LogP contribution in [-0.4, -0.2) is 17.6 Å². The van der Waals surface area contributed by atoms with Crippen LogP contribution in [0.25, 0.3) is 0 Å². The molecular weight excluding hydrogens is 260 g/mol. The van der Waals surface area contributed by atoms with Gasteiger partial charge in [0.25, 0.3) is 0 Å². The van der Waals surface area contributed by atoms with E-state index in [1.165, 1.54) is 11.3 Å². The molecule has 0 amide bonds. The van der Waals surface area contributed by atoms with Gasteiger partial charge in [0.05, 0.1) is 23.4 Å². The van der Waals surface area contributed by atoms with Crippen molar-refractivity contribution >= 4 is 17.3 Å². The number of carbonyl (C=O) groups is 1. The minimum atomic E-state index is -1.16. The van der Waals surface area contributed by atoms with E-state index >= 15 is 0 Å². The van der Waals surface area contributed by atoms with Gasteiger partial charge in [-0.15, -0.1) is 11.3 Å². The van der Waals surface area contributed by atoms with Gasteiger partial charge in [0.15, 0.2) is 5.41 Å². The highest BCUT2D eigenvalue weighted by molar-refractivity contribution is 7.09. The summed E-state index contributed by atoms with van der Waals surface area (Å²) >= 11 is 1.48. The number of hydrogen-bond donors (Lipinski definition) is 0. The number of nitriles is 1. The average Bonchev–Trinajstić information content (AvgIpc) is 2.77. The van der Waals surface area contributed by atoms with Crippen molar-refractivity contribution in [1.82, 2.24) is 4.98 Å². The molecule has 1 rings (SSSR count). The zero-order valence-corrected chi connectivity index (χ0v) is 12.9. The summed E-state index contributed by atoms with van der Waals surface area (Å²) in [4.78, 5) is 16.4. The van der Waals surface area contributed by atoms with Crippen LogP contribution in [0.15, 0.2) is 5.38 Å². The van der Waals surface area contributed by atoms with Gasteiger partial charge in [-0.2, -0.15) is 5.26 Å². The summed E-state index contributed by atoms with van der Waals surface area (Å²) in [5.41, 5.74) is -0.207. The smallest absolute Gasteiger partial charge is 0.326 e. The summed E-state index contributed by atoms with van der Waals surface area (Å²) in [7, 11) is 0. The third-order valence-electron chi connectivity index (χ3n) is 2.80. The molecule has 0 aliphatic carbocycles. The highest BCUT2D eigenvalue weighted by atomic mass is 32.1. The summed E-state index contributed by atoms with van der Waals surface area (Å²) in [5.74, 6) is -0.481. The Hall–Kier alpha value is -1.41. The van der Waals surface area contributed by atoms with Gasteiger partial charge in [0.1, 0.15) is 0 Å². The quantitative estimate of drug-likeness (QED) is 0.795. The van der Waals surface area contributed by atoms with Gasteiger partial charge in [-0.25, -0.2) is 4.98 Å². The van der Waals surface area contributed by atoms with E-state index in [0.29, 0.717) is 6.42 Å². The van der Waals surface area contributed by atoms with Crippen molar-refractivity contribution in [3.8, 4) is 6.07 Å². The molecule has 0 saturated heterocycles. The molecule has 104 valence electrons. The maximum Gasteiger partial charge on any atom is 0.326 e. The minimum Gasteiger partial charge on any atom is -0.465 e. The lowest BCUT2D eigenvalue weighted by molar-refractivity contribution is -0.151. The van der Waals surface area contributed by atoms with Crippen LogP contribution in [0.2, 0.25) is 0 Å². The third-order valence-corrected chi connectivity index (χ3v) is 3.65. The zero-order valence-electron chi connectivity index (χ0n) is 12.1. The molecule has 0 radical (unpaired) electrons. The van der Waals surface area contributed by atoms with Gasteiger partial charge in [-0.3, -0.25) is 4.79 Å². The molecule has 4 nitrogen and oxygen atoms in total. The lowest BCUT2D eigenvalue weighted by Gasteiger charge is -2.18. The maximum atomic E-state index is 11.8. The van der Waals surface area contributed by atoms with Crippen LogP contribution in [0.5, 0.6) is 0 Å². The molecule has 1 aromatic heterocycles. The molecule has 0 aromatic carbocycles. The van der Waals surface area contributed by atoms with Crippen LogP contribution in [0.1, 0.15) is 45.3 Å². The number of thiazole rings is 1.